The standard InChI is InChI=1S/C22H24N6O/c1-14(2)11-18(21-24-16-8-4-5-9-20(16)28(21)3)25-22(29)19-12-17(26-27-19)15-7-6-10-23-13-15/h4-10,12-14,18H,11H2,1-3H3,(H,25,29)(H,26,27). The predicted molar refractivity (Wildman–Crippen MR) is 112 cm³/mol. The van der Waals surface area contributed by atoms with Gasteiger partial charge in [-0.2, -0.15) is 5.10 Å². The van der Waals surface area contributed by atoms with Gasteiger partial charge in [-0.3, -0.25) is 14.9 Å². The normalized spacial score (nSPS) is 12.4. The molecule has 7 nitrogen and oxygen atoms in total. The van der Waals surface area contributed by atoms with Crippen LogP contribution in [0.4, 0.5) is 0 Å². The number of aryl methyl sites for hydroxylation is 1. The average molecular weight is 388 g/mol. The Labute approximate surface area is 169 Å². The largest absolute Gasteiger partial charge is 0.341 e. The summed E-state index contributed by atoms with van der Waals surface area (Å²) >= 11 is 0. The van der Waals surface area contributed by atoms with E-state index >= 15 is 0 Å². The molecule has 4 aromatic rings. The van der Waals surface area contributed by atoms with E-state index in [1.165, 1.54) is 0 Å². The van der Waals surface area contributed by atoms with E-state index in [2.05, 4.69) is 38.9 Å². The Balaban J connectivity index is 1.61. The van der Waals surface area contributed by atoms with Gasteiger partial charge in [0.15, 0.2) is 0 Å². The van der Waals surface area contributed by atoms with Gasteiger partial charge >= 0.3 is 0 Å². The summed E-state index contributed by atoms with van der Waals surface area (Å²) in [5, 5.41) is 10.2. The molecule has 0 saturated carbocycles. The number of aromatic amines is 1. The number of H-pyrrole nitrogens is 1. The quantitative estimate of drug-likeness (QED) is 0.525. The van der Waals surface area contributed by atoms with E-state index < -0.39 is 0 Å². The molecule has 3 heterocycles. The molecule has 7 heteroatoms. The van der Waals surface area contributed by atoms with Crippen LogP contribution in [-0.4, -0.2) is 30.6 Å². The van der Waals surface area contributed by atoms with Gasteiger partial charge in [-0.25, -0.2) is 4.98 Å². The third kappa shape index (κ3) is 3.89. The Bertz CT molecular complexity index is 1130. The average Bonchev–Trinajstić information content (AvgIpc) is 3.34. The van der Waals surface area contributed by atoms with E-state index in [-0.39, 0.29) is 11.9 Å². The Kier molecular flexibility index (Phi) is 5.12. The molecule has 0 saturated heterocycles. The third-order valence-corrected chi connectivity index (χ3v) is 4.93. The van der Waals surface area contributed by atoms with Crippen molar-refractivity contribution in [3.63, 3.8) is 0 Å². The molecule has 0 fully saturated rings. The van der Waals surface area contributed by atoms with Crippen LogP contribution in [0, 0.1) is 5.92 Å². The van der Waals surface area contributed by atoms with Crippen LogP contribution in [-0.2, 0) is 7.05 Å². The van der Waals surface area contributed by atoms with Crippen molar-refractivity contribution >= 4 is 16.9 Å². The zero-order valence-corrected chi connectivity index (χ0v) is 16.8. The molecule has 4 rings (SSSR count). The zero-order valence-electron chi connectivity index (χ0n) is 16.8. The Hall–Kier alpha value is -3.48. The summed E-state index contributed by atoms with van der Waals surface area (Å²) in [7, 11) is 1.99. The van der Waals surface area contributed by atoms with Crippen molar-refractivity contribution in [3.8, 4) is 11.3 Å². The molecule has 0 aliphatic heterocycles. The molecule has 0 radical (unpaired) electrons. The minimum absolute atomic E-state index is 0.203. The lowest BCUT2D eigenvalue weighted by Crippen LogP contribution is -2.31. The first kappa shape index (κ1) is 18.9. The molecular formula is C22H24N6O. The van der Waals surface area contributed by atoms with Gasteiger partial charge in [-0.15, -0.1) is 0 Å². The van der Waals surface area contributed by atoms with Crippen molar-refractivity contribution in [1.29, 1.82) is 0 Å². The first-order valence-electron chi connectivity index (χ1n) is 9.71. The molecule has 1 aromatic carbocycles. The van der Waals surface area contributed by atoms with Crippen molar-refractivity contribution in [3.05, 3.63) is 66.4 Å². The zero-order chi connectivity index (χ0) is 20.4. The number of nitrogens with one attached hydrogen (secondary N) is 2. The fourth-order valence-electron chi connectivity index (χ4n) is 3.51. The second-order valence-corrected chi connectivity index (χ2v) is 7.58. The molecule has 1 amide bonds. The highest BCUT2D eigenvalue weighted by atomic mass is 16.2. The predicted octanol–water partition coefficient (Wildman–Crippen LogP) is 3.88. The van der Waals surface area contributed by atoms with Crippen molar-refractivity contribution in [2.45, 2.75) is 26.3 Å². The van der Waals surface area contributed by atoms with E-state index in [1.807, 2.05) is 43.4 Å². The second kappa shape index (κ2) is 7.87. The molecule has 3 aromatic heterocycles. The van der Waals surface area contributed by atoms with E-state index in [0.29, 0.717) is 17.3 Å². The van der Waals surface area contributed by atoms with Gasteiger partial charge in [0.1, 0.15) is 11.5 Å². The summed E-state index contributed by atoms with van der Waals surface area (Å²) in [5.74, 6) is 1.04. The van der Waals surface area contributed by atoms with Gasteiger partial charge in [0.05, 0.1) is 22.8 Å². The van der Waals surface area contributed by atoms with Crippen LogP contribution in [0.2, 0.25) is 0 Å². The van der Waals surface area contributed by atoms with Crippen LogP contribution >= 0.6 is 0 Å². The molecule has 29 heavy (non-hydrogen) atoms. The van der Waals surface area contributed by atoms with Gasteiger partial charge in [0.2, 0.25) is 0 Å². The minimum atomic E-state index is -0.204. The Morgan fingerprint density at radius 3 is 2.76 bits per heavy atom. The highest BCUT2D eigenvalue weighted by Crippen LogP contribution is 2.25. The van der Waals surface area contributed by atoms with E-state index in [1.54, 1.807) is 18.5 Å². The highest BCUT2D eigenvalue weighted by Gasteiger charge is 2.23. The van der Waals surface area contributed by atoms with Crippen LogP contribution in [0.3, 0.4) is 0 Å². The topological polar surface area (TPSA) is 88.5 Å². The number of rotatable bonds is 6. The number of nitrogens with zero attached hydrogens (tertiary/aromatic N) is 4. The smallest absolute Gasteiger partial charge is 0.269 e. The molecule has 0 bridgehead atoms. The molecule has 148 valence electrons. The van der Waals surface area contributed by atoms with Gasteiger partial charge in [-0.05, 0) is 42.7 Å². The van der Waals surface area contributed by atoms with Crippen LogP contribution in [0.25, 0.3) is 22.3 Å². The Morgan fingerprint density at radius 1 is 1.21 bits per heavy atom. The number of pyridine rings is 1. The number of hydrogen-bond acceptors (Lipinski definition) is 4. The maximum Gasteiger partial charge on any atom is 0.269 e. The van der Waals surface area contributed by atoms with Crippen molar-refractivity contribution in [2.24, 2.45) is 13.0 Å². The van der Waals surface area contributed by atoms with Crippen LogP contribution in [0.1, 0.15) is 42.6 Å². The van der Waals surface area contributed by atoms with Crippen molar-refractivity contribution in [2.75, 3.05) is 0 Å². The van der Waals surface area contributed by atoms with E-state index in [9.17, 15) is 4.79 Å². The van der Waals surface area contributed by atoms with Gasteiger partial charge in [0.25, 0.3) is 5.91 Å². The van der Waals surface area contributed by atoms with Gasteiger partial charge in [0, 0.05) is 25.0 Å². The summed E-state index contributed by atoms with van der Waals surface area (Å²) in [4.78, 5) is 21.8. The highest BCUT2D eigenvalue weighted by molar-refractivity contribution is 5.93. The summed E-state index contributed by atoms with van der Waals surface area (Å²) < 4.78 is 2.05. The summed E-state index contributed by atoms with van der Waals surface area (Å²) in [5.41, 5.74) is 3.93. The van der Waals surface area contributed by atoms with Crippen LogP contribution < -0.4 is 5.32 Å². The summed E-state index contributed by atoms with van der Waals surface area (Å²) in [6, 6.07) is 13.3. The maximum absolute atomic E-state index is 12.9. The fourth-order valence-corrected chi connectivity index (χ4v) is 3.51. The number of para-hydroxylation sites is 2. The molecule has 1 atom stereocenters. The van der Waals surface area contributed by atoms with Gasteiger partial charge in [-0.1, -0.05) is 26.0 Å². The monoisotopic (exact) mass is 388 g/mol. The number of aromatic nitrogens is 5. The maximum atomic E-state index is 12.9. The summed E-state index contributed by atoms with van der Waals surface area (Å²) in [6.07, 6.45) is 4.21. The number of hydrogen-bond donors (Lipinski definition) is 2. The number of benzene rings is 1. The van der Waals surface area contributed by atoms with Crippen molar-refractivity contribution in [1.82, 2.24) is 30.0 Å². The number of fused-ring (bicyclic) bond motifs is 1. The molecular weight excluding hydrogens is 364 g/mol. The lowest BCUT2D eigenvalue weighted by Gasteiger charge is -2.20. The third-order valence-electron chi connectivity index (χ3n) is 4.93. The van der Waals surface area contributed by atoms with Crippen LogP contribution in [0.5, 0.6) is 0 Å². The number of imidazole rings is 1. The second-order valence-electron chi connectivity index (χ2n) is 7.58. The minimum Gasteiger partial charge on any atom is -0.341 e. The van der Waals surface area contributed by atoms with Crippen molar-refractivity contribution < 1.29 is 4.79 Å². The lowest BCUT2D eigenvalue weighted by atomic mass is 10.0. The molecule has 0 aliphatic carbocycles. The molecule has 2 N–H and O–H groups in total. The molecule has 1 unspecified atom stereocenters. The number of amides is 1. The Morgan fingerprint density at radius 2 is 2.03 bits per heavy atom. The number of carbonyl (C=O) groups excluding carboxylic acids is 1. The molecule has 0 spiro atoms. The van der Waals surface area contributed by atoms with Gasteiger partial charge < -0.3 is 9.88 Å². The van der Waals surface area contributed by atoms with E-state index in [4.69, 9.17) is 4.98 Å². The fraction of sp³-hybridized carbons (Fsp3) is 0.273. The number of carbonyl (C=O) groups is 1. The summed E-state index contributed by atoms with van der Waals surface area (Å²) in [6.45, 7) is 4.27. The molecule has 0 aliphatic rings. The lowest BCUT2D eigenvalue weighted by molar-refractivity contribution is 0.0924. The first-order valence-corrected chi connectivity index (χ1v) is 9.71. The SMILES string of the molecule is CC(C)CC(NC(=O)c1cc(-c2cccnc2)n[nH]1)c1nc2ccccc2n1C. The van der Waals surface area contributed by atoms with Crippen LogP contribution in [0.15, 0.2) is 54.9 Å². The first-order chi connectivity index (χ1) is 14.0. The van der Waals surface area contributed by atoms with E-state index in [0.717, 1.165) is 28.8 Å².